The minimum atomic E-state index is -0.803. The molecule has 0 spiro atoms. The second kappa shape index (κ2) is 2.43. The predicted molar refractivity (Wildman–Crippen MR) is 30.6 cm³/mol. The second-order valence-corrected chi connectivity index (χ2v) is 2.00. The van der Waals surface area contributed by atoms with Crippen molar-refractivity contribution in [3.63, 3.8) is 0 Å². The van der Waals surface area contributed by atoms with Crippen LogP contribution in [-0.4, -0.2) is 41.4 Å². The van der Waals surface area contributed by atoms with Gasteiger partial charge in [0.1, 0.15) is 6.61 Å². The average Bonchev–Trinajstić information content (AvgIpc) is 2.15. The van der Waals surface area contributed by atoms with E-state index in [2.05, 4.69) is 0 Å². The Kier molecular flexibility index (Phi) is 1.80. The quantitative estimate of drug-likeness (QED) is 0.381. The summed E-state index contributed by atoms with van der Waals surface area (Å²) < 4.78 is 4.80. The highest BCUT2D eigenvalue weighted by Crippen LogP contribution is 2.08. The van der Waals surface area contributed by atoms with Gasteiger partial charge in [0.15, 0.2) is 6.61 Å². The SMILES string of the molecule is O=C1CO[C@H](C[OH2+])C1[OH2+]. The molecule has 0 aromatic rings. The smallest absolute Gasteiger partial charge is 0.250 e. The first kappa shape index (κ1) is 6.67. The van der Waals surface area contributed by atoms with Gasteiger partial charge in [-0.15, -0.1) is 0 Å². The summed E-state index contributed by atoms with van der Waals surface area (Å²) in [4.78, 5) is 10.5. The van der Waals surface area contributed by atoms with Crippen LogP contribution in [0.5, 0.6) is 0 Å². The largest absolute Gasteiger partial charge is 0.443 e. The summed E-state index contributed by atoms with van der Waals surface area (Å²) in [6.07, 6.45) is -1.28. The van der Waals surface area contributed by atoms with Crippen molar-refractivity contribution >= 4 is 5.78 Å². The number of rotatable bonds is 1. The molecule has 4 N–H and O–H groups in total. The van der Waals surface area contributed by atoms with Crippen LogP contribution in [0.25, 0.3) is 0 Å². The Hall–Kier alpha value is -0.450. The molecule has 0 aromatic heterocycles. The molecule has 0 radical (unpaired) electrons. The van der Waals surface area contributed by atoms with Crippen LogP contribution in [0, 0.1) is 0 Å². The first-order chi connectivity index (χ1) is 4.25. The molecule has 1 aliphatic rings. The van der Waals surface area contributed by atoms with Crippen LogP contribution in [0.1, 0.15) is 0 Å². The van der Waals surface area contributed by atoms with Crippen molar-refractivity contribution in [1.29, 1.82) is 0 Å². The summed E-state index contributed by atoms with van der Waals surface area (Å²) in [5.41, 5.74) is 0. The maximum atomic E-state index is 10.5. The third-order valence-corrected chi connectivity index (χ3v) is 1.36. The number of carbonyl (C=O) groups excluding carboxylic acids is 1. The Morgan fingerprint density at radius 3 is 2.67 bits per heavy atom. The van der Waals surface area contributed by atoms with Crippen LogP contribution in [-0.2, 0) is 9.53 Å². The molecule has 4 heteroatoms. The summed E-state index contributed by atoms with van der Waals surface area (Å²) in [6.45, 7) is 0.0393. The maximum Gasteiger partial charge on any atom is 0.250 e. The van der Waals surface area contributed by atoms with Crippen LogP contribution in [0.4, 0.5) is 0 Å². The zero-order valence-corrected chi connectivity index (χ0v) is 4.89. The zero-order valence-electron chi connectivity index (χ0n) is 4.89. The van der Waals surface area contributed by atoms with Gasteiger partial charge in [-0.2, -0.15) is 0 Å². The average molecular weight is 134 g/mol. The van der Waals surface area contributed by atoms with Gasteiger partial charge in [0, 0.05) is 0 Å². The van der Waals surface area contributed by atoms with E-state index in [0.717, 1.165) is 0 Å². The van der Waals surface area contributed by atoms with E-state index in [1.807, 2.05) is 0 Å². The molecular weight excluding hydrogens is 124 g/mol. The standard InChI is InChI=1S/C5H8O4/c6-1-4-5(8)3(7)2-9-4/h4-6,8H,1-2H2/p+2/t4-,5?/m1/s1. The lowest BCUT2D eigenvalue weighted by molar-refractivity contribution is -0.123. The van der Waals surface area contributed by atoms with Gasteiger partial charge in [-0.1, -0.05) is 0 Å². The van der Waals surface area contributed by atoms with Gasteiger partial charge < -0.3 is 14.9 Å². The highest BCUT2D eigenvalue weighted by atomic mass is 16.5. The van der Waals surface area contributed by atoms with Crippen molar-refractivity contribution in [3.05, 3.63) is 0 Å². The summed E-state index contributed by atoms with van der Waals surface area (Å²) in [5, 5.41) is 13.9. The first-order valence-corrected chi connectivity index (χ1v) is 2.75. The van der Waals surface area contributed by atoms with E-state index < -0.39 is 12.2 Å². The van der Waals surface area contributed by atoms with E-state index in [9.17, 15) is 4.79 Å². The number of Topliss-reactive ketones (excluding diaryl/α,β-unsaturated/α-hetero) is 1. The van der Waals surface area contributed by atoms with Crippen molar-refractivity contribution < 1.29 is 19.7 Å². The van der Waals surface area contributed by atoms with E-state index in [1.165, 1.54) is 0 Å². The van der Waals surface area contributed by atoms with Crippen molar-refractivity contribution in [2.24, 2.45) is 0 Å². The van der Waals surface area contributed by atoms with Crippen molar-refractivity contribution in [3.8, 4) is 0 Å². The van der Waals surface area contributed by atoms with E-state index in [0.29, 0.717) is 0 Å². The minimum Gasteiger partial charge on any atom is -0.443 e. The molecule has 2 atom stereocenters. The maximum absolute atomic E-state index is 10.5. The Labute approximate surface area is 52.1 Å². The first-order valence-electron chi connectivity index (χ1n) is 2.75. The Bertz CT molecular complexity index is 122. The van der Waals surface area contributed by atoms with Crippen LogP contribution in [0.2, 0.25) is 0 Å². The molecule has 1 rings (SSSR count). The summed E-state index contributed by atoms with van der Waals surface area (Å²) >= 11 is 0. The fourth-order valence-electron chi connectivity index (χ4n) is 0.759. The van der Waals surface area contributed by atoms with Gasteiger partial charge in [0.05, 0.1) is 0 Å². The van der Waals surface area contributed by atoms with Gasteiger partial charge in [-0.25, -0.2) is 0 Å². The molecule has 0 bridgehead atoms. The van der Waals surface area contributed by atoms with Gasteiger partial charge >= 0.3 is 0 Å². The molecule has 1 saturated heterocycles. The number of hydrogen-bond acceptors (Lipinski definition) is 2. The Morgan fingerprint density at radius 1 is 1.78 bits per heavy atom. The van der Waals surface area contributed by atoms with E-state index in [1.54, 1.807) is 0 Å². The highest BCUT2D eigenvalue weighted by molar-refractivity contribution is 5.86. The fraction of sp³-hybridized carbons (Fsp3) is 0.800. The lowest BCUT2D eigenvalue weighted by atomic mass is 10.2. The van der Waals surface area contributed by atoms with E-state index >= 15 is 0 Å². The molecular formula is C5H10O4+2. The number of carbonyl (C=O) groups is 1. The molecule has 1 heterocycles. The van der Waals surface area contributed by atoms with Gasteiger partial charge in [-0.05, 0) is 0 Å². The van der Waals surface area contributed by atoms with E-state index in [4.69, 9.17) is 14.9 Å². The Morgan fingerprint density at radius 2 is 2.44 bits per heavy atom. The van der Waals surface area contributed by atoms with Gasteiger partial charge in [-0.3, -0.25) is 4.79 Å². The minimum absolute atomic E-state index is 0.0138. The highest BCUT2D eigenvalue weighted by Gasteiger charge is 2.39. The molecule has 1 aliphatic heterocycles. The van der Waals surface area contributed by atoms with Crippen molar-refractivity contribution in [1.82, 2.24) is 0 Å². The van der Waals surface area contributed by atoms with Crippen molar-refractivity contribution in [2.45, 2.75) is 12.2 Å². The topological polar surface area (TPSA) is 72.1 Å². The molecule has 1 fully saturated rings. The van der Waals surface area contributed by atoms with Gasteiger partial charge in [0.25, 0.3) is 0 Å². The third-order valence-electron chi connectivity index (χ3n) is 1.36. The fourth-order valence-corrected chi connectivity index (χ4v) is 0.759. The molecule has 1 unspecified atom stereocenters. The van der Waals surface area contributed by atoms with Gasteiger partial charge in [0.2, 0.25) is 18.0 Å². The molecule has 0 aliphatic carbocycles. The molecule has 0 aromatic carbocycles. The van der Waals surface area contributed by atoms with Crippen LogP contribution in [0.3, 0.4) is 0 Å². The lowest BCUT2D eigenvalue weighted by Crippen LogP contribution is -2.29. The number of ether oxygens (including phenoxy) is 1. The molecule has 9 heavy (non-hydrogen) atoms. The second-order valence-electron chi connectivity index (χ2n) is 2.00. The lowest BCUT2D eigenvalue weighted by Gasteiger charge is -2.00. The summed E-state index contributed by atoms with van der Waals surface area (Å²) in [5.74, 6) is -0.202. The van der Waals surface area contributed by atoms with Crippen LogP contribution in [0.15, 0.2) is 0 Å². The van der Waals surface area contributed by atoms with Crippen LogP contribution < -0.4 is 0 Å². The normalized spacial score (nSPS) is 35.6. The predicted octanol–water partition coefficient (Wildman–Crippen LogP) is -2.23. The van der Waals surface area contributed by atoms with E-state index in [-0.39, 0.29) is 19.0 Å². The summed E-state index contributed by atoms with van der Waals surface area (Å²) in [7, 11) is 0. The van der Waals surface area contributed by atoms with Crippen molar-refractivity contribution in [2.75, 3.05) is 13.2 Å². The molecule has 4 nitrogen and oxygen atoms in total. The third kappa shape index (κ3) is 1.10. The summed E-state index contributed by atoms with van der Waals surface area (Å²) in [6, 6.07) is 0. The molecule has 52 valence electrons. The number of hydrogen-bond donors (Lipinski definition) is 0. The monoisotopic (exact) mass is 134 g/mol. The number of ketones is 1. The zero-order chi connectivity index (χ0) is 6.85. The Balaban J connectivity index is 2.51. The molecule has 0 saturated carbocycles. The van der Waals surface area contributed by atoms with Crippen LogP contribution >= 0.6 is 0 Å². The molecule has 0 amide bonds.